The van der Waals surface area contributed by atoms with Gasteiger partial charge in [-0.2, -0.15) is 0 Å². The first kappa shape index (κ1) is 14.6. The summed E-state index contributed by atoms with van der Waals surface area (Å²) in [6, 6.07) is -0.758. The molecule has 1 unspecified atom stereocenters. The number of hydrogen-bond donors (Lipinski definition) is 3. The molecule has 0 radical (unpaired) electrons. The van der Waals surface area contributed by atoms with Crippen LogP contribution in [0, 0.1) is 11.3 Å². The Morgan fingerprint density at radius 2 is 1.78 bits per heavy atom. The molecule has 3 N–H and O–H groups in total. The van der Waals surface area contributed by atoms with Crippen molar-refractivity contribution in [1.82, 2.24) is 10.6 Å². The first-order valence-electron chi connectivity index (χ1n) is 6.26. The fourth-order valence-corrected chi connectivity index (χ4v) is 2.52. The lowest BCUT2D eigenvalue weighted by Crippen LogP contribution is -2.64. The highest BCUT2D eigenvalue weighted by molar-refractivity contribution is 6.19. The van der Waals surface area contributed by atoms with E-state index in [9.17, 15) is 14.4 Å². The Balaban J connectivity index is 3.00. The molecule has 0 saturated carbocycles. The highest BCUT2D eigenvalue weighted by Gasteiger charge is 2.52. The standard InChI is InChI=1S/C12H20N2O4/c1-3-6-12(8(2)5-4-7-15)9(16)13-11(18)14-10(12)17/h8,15H,3-7H2,1-2H3,(H2,13,14,16,17,18). The lowest BCUT2D eigenvalue weighted by molar-refractivity contribution is -0.149. The molecular weight excluding hydrogens is 236 g/mol. The van der Waals surface area contributed by atoms with E-state index in [0.717, 1.165) is 0 Å². The molecule has 1 fully saturated rings. The van der Waals surface area contributed by atoms with Crippen LogP contribution in [0.15, 0.2) is 0 Å². The topological polar surface area (TPSA) is 95.5 Å². The molecule has 0 aromatic heterocycles. The molecule has 0 aromatic rings. The number of aliphatic hydroxyl groups is 1. The van der Waals surface area contributed by atoms with Crippen molar-refractivity contribution in [3.8, 4) is 0 Å². The van der Waals surface area contributed by atoms with Gasteiger partial charge in [-0.05, 0) is 25.2 Å². The molecule has 1 saturated heterocycles. The fourth-order valence-electron chi connectivity index (χ4n) is 2.52. The van der Waals surface area contributed by atoms with Gasteiger partial charge >= 0.3 is 6.03 Å². The number of barbiturate groups is 1. The van der Waals surface area contributed by atoms with Crippen LogP contribution in [0.5, 0.6) is 0 Å². The van der Waals surface area contributed by atoms with Crippen molar-refractivity contribution in [1.29, 1.82) is 0 Å². The lowest BCUT2D eigenvalue weighted by Gasteiger charge is -2.38. The van der Waals surface area contributed by atoms with E-state index >= 15 is 0 Å². The molecule has 6 nitrogen and oxygen atoms in total. The van der Waals surface area contributed by atoms with Gasteiger partial charge in [0.15, 0.2) is 0 Å². The Labute approximate surface area is 106 Å². The predicted molar refractivity (Wildman–Crippen MR) is 64.5 cm³/mol. The van der Waals surface area contributed by atoms with Crippen molar-refractivity contribution in [3.63, 3.8) is 0 Å². The largest absolute Gasteiger partial charge is 0.396 e. The summed E-state index contributed by atoms with van der Waals surface area (Å²) in [4.78, 5) is 35.3. The van der Waals surface area contributed by atoms with Gasteiger partial charge in [0.25, 0.3) is 0 Å². The zero-order valence-electron chi connectivity index (χ0n) is 10.8. The van der Waals surface area contributed by atoms with Gasteiger partial charge < -0.3 is 5.11 Å². The molecule has 1 aliphatic heterocycles. The molecular formula is C12H20N2O4. The van der Waals surface area contributed by atoms with Crippen LogP contribution in [0.1, 0.15) is 39.5 Å². The highest BCUT2D eigenvalue weighted by atomic mass is 16.3. The van der Waals surface area contributed by atoms with Crippen molar-refractivity contribution >= 4 is 17.8 Å². The summed E-state index contributed by atoms with van der Waals surface area (Å²) in [5.74, 6) is -1.27. The Morgan fingerprint density at radius 3 is 2.22 bits per heavy atom. The summed E-state index contributed by atoms with van der Waals surface area (Å²) in [6.45, 7) is 3.71. The first-order chi connectivity index (χ1) is 8.48. The second kappa shape index (κ2) is 5.95. The smallest absolute Gasteiger partial charge is 0.328 e. The van der Waals surface area contributed by atoms with Crippen LogP contribution >= 0.6 is 0 Å². The summed E-state index contributed by atoms with van der Waals surface area (Å²) in [7, 11) is 0. The molecule has 0 bridgehead atoms. The minimum atomic E-state index is -1.20. The predicted octanol–water partition coefficient (Wildman–Crippen LogP) is 0.548. The average Bonchev–Trinajstić information content (AvgIpc) is 2.30. The molecule has 6 heteroatoms. The number of imide groups is 2. The van der Waals surface area contributed by atoms with Crippen LogP contribution in [0.2, 0.25) is 0 Å². The lowest BCUT2D eigenvalue weighted by atomic mass is 9.69. The first-order valence-corrected chi connectivity index (χ1v) is 6.26. The van der Waals surface area contributed by atoms with Gasteiger partial charge in [-0.3, -0.25) is 20.2 Å². The van der Waals surface area contributed by atoms with Gasteiger partial charge in [-0.25, -0.2) is 4.79 Å². The van der Waals surface area contributed by atoms with Crippen LogP contribution in [0.3, 0.4) is 0 Å². The van der Waals surface area contributed by atoms with Crippen molar-refractivity contribution in [2.24, 2.45) is 11.3 Å². The maximum absolute atomic E-state index is 12.1. The van der Waals surface area contributed by atoms with Crippen molar-refractivity contribution in [2.75, 3.05) is 6.61 Å². The van der Waals surface area contributed by atoms with Gasteiger partial charge in [0, 0.05) is 6.61 Å². The van der Waals surface area contributed by atoms with Gasteiger partial charge in [0.2, 0.25) is 11.8 Å². The summed E-state index contributed by atoms with van der Waals surface area (Å²) in [5.41, 5.74) is -1.20. The zero-order chi connectivity index (χ0) is 13.8. The summed E-state index contributed by atoms with van der Waals surface area (Å²) in [6.07, 6.45) is 2.15. The second-order valence-corrected chi connectivity index (χ2v) is 4.73. The molecule has 0 aliphatic carbocycles. The highest BCUT2D eigenvalue weighted by Crippen LogP contribution is 2.37. The molecule has 1 atom stereocenters. The minimum Gasteiger partial charge on any atom is -0.396 e. The van der Waals surface area contributed by atoms with Crippen LogP contribution in [0.4, 0.5) is 4.79 Å². The number of aliphatic hydroxyl groups excluding tert-OH is 1. The minimum absolute atomic E-state index is 0.0225. The maximum atomic E-state index is 12.1. The van der Waals surface area contributed by atoms with Crippen LogP contribution < -0.4 is 10.6 Å². The maximum Gasteiger partial charge on any atom is 0.328 e. The summed E-state index contributed by atoms with van der Waals surface area (Å²) in [5, 5.41) is 13.2. The fraction of sp³-hybridized carbons (Fsp3) is 0.750. The molecule has 1 rings (SSSR count). The summed E-state index contributed by atoms with van der Waals surface area (Å²) >= 11 is 0. The number of rotatable bonds is 6. The monoisotopic (exact) mass is 256 g/mol. The third-order valence-corrected chi connectivity index (χ3v) is 3.55. The van der Waals surface area contributed by atoms with E-state index in [1.165, 1.54) is 0 Å². The van der Waals surface area contributed by atoms with E-state index in [0.29, 0.717) is 25.7 Å². The number of nitrogens with one attached hydrogen (secondary N) is 2. The Bertz CT molecular complexity index is 334. The molecule has 18 heavy (non-hydrogen) atoms. The Hall–Kier alpha value is -1.43. The van der Waals surface area contributed by atoms with Crippen LogP contribution in [0.25, 0.3) is 0 Å². The van der Waals surface area contributed by atoms with E-state index < -0.39 is 23.3 Å². The van der Waals surface area contributed by atoms with Gasteiger partial charge in [-0.1, -0.05) is 20.3 Å². The Morgan fingerprint density at radius 1 is 1.22 bits per heavy atom. The van der Waals surface area contributed by atoms with E-state index in [1.807, 2.05) is 6.92 Å². The number of hydrogen-bond acceptors (Lipinski definition) is 4. The SMILES string of the molecule is CCCC1(C(C)CCCO)C(=O)NC(=O)NC1=O. The number of urea groups is 1. The van der Waals surface area contributed by atoms with Crippen molar-refractivity contribution in [3.05, 3.63) is 0 Å². The molecule has 1 heterocycles. The molecule has 4 amide bonds. The molecule has 0 spiro atoms. The van der Waals surface area contributed by atoms with Crippen molar-refractivity contribution < 1.29 is 19.5 Å². The van der Waals surface area contributed by atoms with Gasteiger partial charge in [-0.15, -0.1) is 0 Å². The zero-order valence-corrected chi connectivity index (χ0v) is 10.8. The van der Waals surface area contributed by atoms with E-state index in [4.69, 9.17) is 5.11 Å². The van der Waals surface area contributed by atoms with Crippen molar-refractivity contribution in [2.45, 2.75) is 39.5 Å². The molecule has 0 aromatic carbocycles. The number of carbonyl (C=O) groups excluding carboxylic acids is 3. The van der Waals surface area contributed by atoms with E-state index in [1.54, 1.807) is 6.92 Å². The number of carbonyl (C=O) groups is 3. The molecule has 102 valence electrons. The average molecular weight is 256 g/mol. The molecule has 1 aliphatic rings. The van der Waals surface area contributed by atoms with Crippen LogP contribution in [-0.2, 0) is 9.59 Å². The van der Waals surface area contributed by atoms with Gasteiger partial charge in [0.1, 0.15) is 5.41 Å². The van der Waals surface area contributed by atoms with Crippen LogP contribution in [-0.4, -0.2) is 29.6 Å². The van der Waals surface area contributed by atoms with E-state index in [2.05, 4.69) is 10.6 Å². The van der Waals surface area contributed by atoms with Gasteiger partial charge in [0.05, 0.1) is 0 Å². The quantitative estimate of drug-likeness (QED) is 0.605. The third kappa shape index (κ3) is 2.53. The third-order valence-electron chi connectivity index (χ3n) is 3.55. The summed E-state index contributed by atoms with van der Waals surface area (Å²) < 4.78 is 0. The second-order valence-electron chi connectivity index (χ2n) is 4.73. The number of amides is 4. The van der Waals surface area contributed by atoms with E-state index in [-0.39, 0.29) is 12.5 Å². The Kier molecular flexibility index (Phi) is 4.84. The normalized spacial score (nSPS) is 20.3.